The number of ether oxygens (including phenoxy) is 2. The van der Waals surface area contributed by atoms with E-state index in [-0.39, 0.29) is 6.29 Å². The Hall–Kier alpha value is -1.12. The fraction of sp³-hybridized carbons (Fsp3) is 0.812. The molecule has 0 spiro atoms. The number of fused-ring (bicyclic) bond motifs is 1. The van der Waals surface area contributed by atoms with E-state index < -0.39 is 12.0 Å². The highest BCUT2D eigenvalue weighted by Crippen LogP contribution is 2.32. The van der Waals surface area contributed by atoms with Crippen molar-refractivity contribution in [3.8, 4) is 0 Å². The highest BCUT2D eigenvalue weighted by molar-refractivity contribution is 5.20. The second kappa shape index (κ2) is 7.84. The van der Waals surface area contributed by atoms with Gasteiger partial charge in [0.1, 0.15) is 0 Å². The van der Waals surface area contributed by atoms with E-state index in [1.165, 1.54) is 4.57 Å². The predicted molar refractivity (Wildman–Crippen MR) is 81.4 cm³/mol. The Morgan fingerprint density at radius 3 is 2.88 bits per heavy atom. The summed E-state index contributed by atoms with van der Waals surface area (Å²) in [7, 11) is 0. The average Bonchev–Trinajstić information content (AvgIpc) is 2.95. The maximum atomic E-state index is 13.1. The van der Waals surface area contributed by atoms with Gasteiger partial charge in [-0.2, -0.15) is 13.2 Å². The topological polar surface area (TPSA) is 48.3 Å². The van der Waals surface area contributed by atoms with Gasteiger partial charge in [0.25, 0.3) is 0 Å². The number of imidazole rings is 1. The van der Waals surface area contributed by atoms with Gasteiger partial charge in [-0.05, 0) is 38.5 Å². The third-order valence-electron chi connectivity index (χ3n) is 4.47. The van der Waals surface area contributed by atoms with Crippen LogP contribution in [0.1, 0.15) is 49.3 Å². The number of halogens is 3. The summed E-state index contributed by atoms with van der Waals surface area (Å²) in [6, 6.07) is 0. The Labute approximate surface area is 139 Å². The zero-order valence-corrected chi connectivity index (χ0v) is 13.7. The largest absolute Gasteiger partial charge is 0.449 e. The lowest BCUT2D eigenvalue weighted by molar-refractivity contribution is -0.161. The molecular formula is C16H24F3N3O2. The molecule has 1 unspecified atom stereocenters. The van der Waals surface area contributed by atoms with Gasteiger partial charge in [-0.25, -0.2) is 4.98 Å². The standard InChI is InChI=1S/C16H24F3N3O2/c17-16(18,19)15-21-12(13-5-1-3-8-22(13)15)11-20-7-10-24-14-6-2-4-9-23-14/h14,20H,1-11H2. The minimum atomic E-state index is -4.40. The van der Waals surface area contributed by atoms with Crippen LogP contribution >= 0.6 is 0 Å². The molecule has 1 saturated heterocycles. The lowest BCUT2D eigenvalue weighted by atomic mass is 10.1. The first-order valence-electron chi connectivity index (χ1n) is 8.65. The highest BCUT2D eigenvalue weighted by atomic mass is 19.4. The van der Waals surface area contributed by atoms with Gasteiger partial charge in [-0.1, -0.05) is 0 Å². The minimum absolute atomic E-state index is 0.141. The molecule has 3 heterocycles. The molecule has 2 aliphatic rings. The van der Waals surface area contributed by atoms with Crippen molar-refractivity contribution >= 4 is 0 Å². The van der Waals surface area contributed by atoms with Crippen molar-refractivity contribution in [2.75, 3.05) is 19.8 Å². The van der Waals surface area contributed by atoms with Crippen LogP contribution < -0.4 is 5.32 Å². The van der Waals surface area contributed by atoms with Crippen LogP contribution in [-0.4, -0.2) is 35.6 Å². The van der Waals surface area contributed by atoms with Crippen molar-refractivity contribution < 1.29 is 22.6 Å². The summed E-state index contributed by atoms with van der Waals surface area (Å²) < 4.78 is 51.7. The molecule has 1 aromatic rings. The van der Waals surface area contributed by atoms with E-state index >= 15 is 0 Å². The lowest BCUT2D eigenvalue weighted by Crippen LogP contribution is -2.27. The third kappa shape index (κ3) is 4.29. The molecule has 1 N–H and O–H groups in total. The minimum Gasteiger partial charge on any atom is -0.353 e. The molecule has 5 nitrogen and oxygen atoms in total. The maximum Gasteiger partial charge on any atom is 0.449 e. The summed E-state index contributed by atoms with van der Waals surface area (Å²) in [6.07, 6.45) is 0.899. The van der Waals surface area contributed by atoms with Crippen molar-refractivity contribution in [2.24, 2.45) is 0 Å². The SMILES string of the molecule is FC(F)(F)c1nc(CNCCOC2CCCCO2)c2n1CCCC2. The van der Waals surface area contributed by atoms with Gasteiger partial charge in [0.05, 0.1) is 12.3 Å². The fourth-order valence-corrected chi connectivity index (χ4v) is 3.29. The number of aromatic nitrogens is 2. The summed E-state index contributed by atoms with van der Waals surface area (Å²) in [4.78, 5) is 3.86. The van der Waals surface area contributed by atoms with E-state index in [0.29, 0.717) is 38.4 Å². The van der Waals surface area contributed by atoms with Crippen LogP contribution in [0.2, 0.25) is 0 Å². The monoisotopic (exact) mass is 347 g/mol. The first-order valence-corrected chi connectivity index (χ1v) is 8.65. The molecule has 1 fully saturated rings. The average molecular weight is 347 g/mol. The van der Waals surface area contributed by atoms with E-state index in [4.69, 9.17) is 9.47 Å². The normalized spacial score (nSPS) is 21.7. The van der Waals surface area contributed by atoms with E-state index in [0.717, 1.165) is 44.4 Å². The fourth-order valence-electron chi connectivity index (χ4n) is 3.29. The van der Waals surface area contributed by atoms with Gasteiger partial charge in [-0.3, -0.25) is 0 Å². The second-order valence-corrected chi connectivity index (χ2v) is 6.28. The molecule has 8 heteroatoms. The quantitative estimate of drug-likeness (QED) is 0.804. The molecular weight excluding hydrogens is 323 g/mol. The molecule has 1 aromatic heterocycles. The zero-order chi connectivity index (χ0) is 17.0. The molecule has 0 radical (unpaired) electrons. The Morgan fingerprint density at radius 2 is 2.12 bits per heavy atom. The molecule has 2 aliphatic heterocycles. The summed E-state index contributed by atoms with van der Waals surface area (Å²) in [6.45, 7) is 2.51. The van der Waals surface area contributed by atoms with Crippen LogP contribution in [0.3, 0.4) is 0 Å². The lowest BCUT2D eigenvalue weighted by Gasteiger charge is -2.22. The van der Waals surface area contributed by atoms with Crippen molar-refractivity contribution in [2.45, 2.75) is 64.1 Å². The Balaban J connectivity index is 1.50. The van der Waals surface area contributed by atoms with Crippen LogP contribution in [0, 0.1) is 0 Å². The molecule has 24 heavy (non-hydrogen) atoms. The van der Waals surface area contributed by atoms with Crippen LogP contribution in [0.4, 0.5) is 13.2 Å². The first-order chi connectivity index (χ1) is 11.6. The van der Waals surface area contributed by atoms with Crippen molar-refractivity contribution in [1.82, 2.24) is 14.9 Å². The Bertz CT molecular complexity index is 539. The van der Waals surface area contributed by atoms with Gasteiger partial charge in [0, 0.05) is 31.9 Å². The predicted octanol–water partition coefficient (Wildman–Crippen LogP) is 2.87. The van der Waals surface area contributed by atoms with Gasteiger partial charge in [0.2, 0.25) is 5.82 Å². The third-order valence-corrected chi connectivity index (χ3v) is 4.47. The Morgan fingerprint density at radius 1 is 1.25 bits per heavy atom. The van der Waals surface area contributed by atoms with E-state index in [1.807, 2.05) is 0 Å². The second-order valence-electron chi connectivity index (χ2n) is 6.28. The van der Waals surface area contributed by atoms with Gasteiger partial charge >= 0.3 is 6.18 Å². The molecule has 0 saturated carbocycles. The summed E-state index contributed by atoms with van der Waals surface area (Å²) in [5.41, 5.74) is 1.23. The highest BCUT2D eigenvalue weighted by Gasteiger charge is 2.39. The van der Waals surface area contributed by atoms with Gasteiger partial charge in [0.15, 0.2) is 6.29 Å². The number of nitrogens with one attached hydrogen (secondary N) is 1. The van der Waals surface area contributed by atoms with E-state index in [9.17, 15) is 13.2 Å². The maximum absolute atomic E-state index is 13.1. The van der Waals surface area contributed by atoms with Crippen LogP contribution in [0.25, 0.3) is 0 Å². The summed E-state index contributed by atoms with van der Waals surface area (Å²) in [5, 5.41) is 3.13. The van der Waals surface area contributed by atoms with E-state index in [2.05, 4.69) is 10.3 Å². The first kappa shape index (κ1) is 17.7. The van der Waals surface area contributed by atoms with Crippen LogP contribution in [-0.2, 0) is 35.2 Å². The molecule has 0 aromatic carbocycles. The number of alkyl halides is 3. The number of rotatable bonds is 6. The molecule has 136 valence electrons. The number of hydrogen-bond donors (Lipinski definition) is 1. The van der Waals surface area contributed by atoms with E-state index in [1.54, 1.807) is 0 Å². The van der Waals surface area contributed by atoms with Crippen molar-refractivity contribution in [3.05, 3.63) is 17.2 Å². The molecule has 1 atom stereocenters. The molecule has 0 amide bonds. The van der Waals surface area contributed by atoms with Crippen LogP contribution in [0.15, 0.2) is 0 Å². The number of hydrogen-bond acceptors (Lipinski definition) is 4. The molecule has 0 aliphatic carbocycles. The van der Waals surface area contributed by atoms with Crippen LogP contribution in [0.5, 0.6) is 0 Å². The van der Waals surface area contributed by atoms with Gasteiger partial charge < -0.3 is 19.4 Å². The van der Waals surface area contributed by atoms with Crippen molar-refractivity contribution in [3.63, 3.8) is 0 Å². The molecule has 3 rings (SSSR count). The van der Waals surface area contributed by atoms with Crippen molar-refractivity contribution in [1.29, 1.82) is 0 Å². The Kier molecular flexibility index (Phi) is 5.78. The summed E-state index contributed by atoms with van der Waals surface area (Å²) >= 11 is 0. The summed E-state index contributed by atoms with van der Waals surface area (Å²) in [5.74, 6) is -0.763. The smallest absolute Gasteiger partial charge is 0.353 e. The number of nitrogens with zero attached hydrogens (tertiary/aromatic N) is 2. The molecule has 0 bridgehead atoms. The van der Waals surface area contributed by atoms with Gasteiger partial charge in [-0.15, -0.1) is 0 Å². The zero-order valence-electron chi connectivity index (χ0n) is 13.7.